The van der Waals surface area contributed by atoms with Crippen LogP contribution in [0, 0.1) is 0 Å². The van der Waals surface area contributed by atoms with Gasteiger partial charge in [-0.2, -0.15) is 13.2 Å². The Hall–Kier alpha value is -2.65. The van der Waals surface area contributed by atoms with Gasteiger partial charge in [0.2, 0.25) is 0 Å². The van der Waals surface area contributed by atoms with E-state index in [-0.39, 0.29) is 5.97 Å². The third-order valence-electron chi connectivity index (χ3n) is 4.97. The summed E-state index contributed by atoms with van der Waals surface area (Å²) in [6, 6.07) is 12.3. The number of rotatable bonds is 5. The zero-order valence-corrected chi connectivity index (χ0v) is 17.9. The number of alkyl halides is 3. The summed E-state index contributed by atoms with van der Waals surface area (Å²) in [5, 5.41) is 3.73. The van der Waals surface area contributed by atoms with E-state index in [1.54, 1.807) is 37.3 Å². The molecular formula is C22H24F3N3O2S. The fourth-order valence-corrected chi connectivity index (χ4v) is 3.62. The van der Waals surface area contributed by atoms with E-state index in [4.69, 9.17) is 17.0 Å². The normalized spacial score (nSPS) is 14.9. The van der Waals surface area contributed by atoms with Crippen molar-refractivity contribution in [2.24, 2.45) is 0 Å². The summed E-state index contributed by atoms with van der Waals surface area (Å²) in [6.07, 6.45) is -4.33. The lowest BCUT2D eigenvalue weighted by Crippen LogP contribution is -2.49. The molecule has 2 aromatic carbocycles. The molecule has 0 radical (unpaired) electrons. The van der Waals surface area contributed by atoms with Gasteiger partial charge < -0.3 is 15.0 Å². The molecule has 0 unspecified atom stereocenters. The molecule has 0 atom stereocenters. The lowest BCUT2D eigenvalue weighted by Gasteiger charge is -2.36. The summed E-state index contributed by atoms with van der Waals surface area (Å²) in [6.45, 7) is 5.28. The quantitative estimate of drug-likeness (QED) is 0.537. The van der Waals surface area contributed by atoms with Crippen LogP contribution in [0.25, 0.3) is 0 Å². The molecule has 9 heteroatoms. The van der Waals surface area contributed by atoms with E-state index in [9.17, 15) is 18.0 Å². The Labute approximate surface area is 184 Å². The molecule has 2 aromatic rings. The largest absolute Gasteiger partial charge is 0.462 e. The first kappa shape index (κ1) is 23.0. The molecule has 5 nitrogen and oxygen atoms in total. The first-order valence-corrected chi connectivity index (χ1v) is 10.4. The zero-order valence-electron chi connectivity index (χ0n) is 17.1. The molecule has 1 fully saturated rings. The summed E-state index contributed by atoms with van der Waals surface area (Å²) in [7, 11) is 0. The van der Waals surface area contributed by atoms with Gasteiger partial charge in [0.25, 0.3) is 0 Å². The van der Waals surface area contributed by atoms with Gasteiger partial charge in [-0.1, -0.05) is 18.2 Å². The second kappa shape index (κ2) is 10.1. The number of thiocarbonyl (C=S) groups is 1. The number of ether oxygens (including phenoxy) is 1. The number of hydrogen-bond donors (Lipinski definition) is 1. The number of carbonyl (C=O) groups is 1. The fraction of sp³-hybridized carbons (Fsp3) is 0.364. The number of benzene rings is 2. The number of hydrogen-bond acceptors (Lipinski definition) is 4. The third kappa shape index (κ3) is 6.41. The van der Waals surface area contributed by atoms with Crippen LogP contribution in [0.2, 0.25) is 0 Å². The Bertz CT molecular complexity index is 911. The predicted octanol–water partition coefficient (Wildman–Crippen LogP) is 4.40. The Morgan fingerprint density at radius 3 is 2.39 bits per heavy atom. The van der Waals surface area contributed by atoms with E-state index >= 15 is 0 Å². The lowest BCUT2D eigenvalue weighted by atomic mass is 10.1. The molecule has 1 saturated heterocycles. The van der Waals surface area contributed by atoms with E-state index < -0.39 is 11.7 Å². The van der Waals surface area contributed by atoms with Crippen molar-refractivity contribution in [1.29, 1.82) is 0 Å². The van der Waals surface area contributed by atoms with Crippen molar-refractivity contribution in [1.82, 2.24) is 9.80 Å². The third-order valence-corrected chi connectivity index (χ3v) is 5.33. The van der Waals surface area contributed by atoms with E-state index in [1.165, 1.54) is 12.1 Å². The fourth-order valence-electron chi connectivity index (χ4n) is 3.32. The number of nitrogens with zero attached hydrogens (tertiary/aromatic N) is 2. The van der Waals surface area contributed by atoms with Crippen LogP contribution in [0.5, 0.6) is 0 Å². The highest BCUT2D eigenvalue weighted by Gasteiger charge is 2.30. The Kier molecular flexibility index (Phi) is 7.50. The van der Waals surface area contributed by atoms with E-state index in [0.29, 0.717) is 55.6 Å². The monoisotopic (exact) mass is 451 g/mol. The van der Waals surface area contributed by atoms with Crippen LogP contribution in [0.3, 0.4) is 0 Å². The Morgan fingerprint density at radius 1 is 1.10 bits per heavy atom. The second-order valence-corrected chi connectivity index (χ2v) is 7.58. The minimum atomic E-state index is -4.33. The topological polar surface area (TPSA) is 44.8 Å². The van der Waals surface area contributed by atoms with Crippen LogP contribution in [0.15, 0.2) is 48.5 Å². The van der Waals surface area contributed by atoms with E-state index in [0.717, 1.165) is 11.8 Å². The van der Waals surface area contributed by atoms with E-state index in [2.05, 4.69) is 10.2 Å². The molecule has 1 heterocycles. The van der Waals surface area contributed by atoms with Gasteiger partial charge >= 0.3 is 12.1 Å². The van der Waals surface area contributed by atoms with Crippen molar-refractivity contribution in [2.45, 2.75) is 19.6 Å². The van der Waals surface area contributed by atoms with Crippen LogP contribution in [-0.2, 0) is 17.5 Å². The molecule has 166 valence electrons. The first-order chi connectivity index (χ1) is 14.8. The van der Waals surface area contributed by atoms with Crippen molar-refractivity contribution in [2.75, 3.05) is 38.1 Å². The summed E-state index contributed by atoms with van der Waals surface area (Å²) >= 11 is 5.49. The van der Waals surface area contributed by atoms with Gasteiger partial charge in [0.05, 0.1) is 17.7 Å². The van der Waals surface area contributed by atoms with Crippen LogP contribution in [0.4, 0.5) is 18.9 Å². The van der Waals surface area contributed by atoms with Gasteiger partial charge in [0.1, 0.15) is 0 Å². The molecule has 0 bridgehead atoms. The number of nitrogens with one attached hydrogen (secondary N) is 1. The maximum Gasteiger partial charge on any atom is 0.416 e. The number of halogens is 3. The molecule has 3 rings (SSSR count). The second-order valence-electron chi connectivity index (χ2n) is 7.19. The summed E-state index contributed by atoms with van der Waals surface area (Å²) < 4.78 is 43.7. The SMILES string of the molecule is CCOC(=O)c1ccc(NC(=S)N2CCN(Cc3cccc(C(F)(F)F)c3)CC2)cc1. The van der Waals surface area contributed by atoms with Crippen molar-refractivity contribution < 1.29 is 22.7 Å². The highest BCUT2D eigenvalue weighted by Crippen LogP contribution is 2.29. The molecule has 0 aliphatic carbocycles. The average molecular weight is 452 g/mol. The Morgan fingerprint density at radius 2 is 1.77 bits per heavy atom. The highest BCUT2D eigenvalue weighted by molar-refractivity contribution is 7.80. The van der Waals surface area contributed by atoms with Crippen molar-refractivity contribution >= 4 is 29.0 Å². The molecule has 0 amide bonds. The smallest absolute Gasteiger partial charge is 0.416 e. The van der Waals surface area contributed by atoms with Crippen LogP contribution in [0.1, 0.15) is 28.4 Å². The summed E-state index contributed by atoms with van der Waals surface area (Å²) in [5.74, 6) is -0.367. The highest BCUT2D eigenvalue weighted by atomic mass is 32.1. The lowest BCUT2D eigenvalue weighted by molar-refractivity contribution is -0.137. The van der Waals surface area contributed by atoms with E-state index in [1.807, 2.05) is 4.90 Å². The van der Waals surface area contributed by atoms with Gasteiger partial charge in [-0.05, 0) is 55.0 Å². The molecule has 31 heavy (non-hydrogen) atoms. The summed E-state index contributed by atoms with van der Waals surface area (Å²) in [5.41, 5.74) is 1.26. The van der Waals surface area contributed by atoms with Crippen molar-refractivity contribution in [3.8, 4) is 0 Å². The maximum absolute atomic E-state index is 12.9. The minimum absolute atomic E-state index is 0.322. The first-order valence-electron chi connectivity index (χ1n) is 9.98. The van der Waals surface area contributed by atoms with Gasteiger partial charge in [-0.15, -0.1) is 0 Å². The molecular weight excluding hydrogens is 427 g/mol. The predicted molar refractivity (Wildman–Crippen MR) is 117 cm³/mol. The zero-order chi connectivity index (χ0) is 22.4. The average Bonchev–Trinajstić information content (AvgIpc) is 2.74. The van der Waals surface area contributed by atoms with Gasteiger partial charge in [-0.25, -0.2) is 4.79 Å². The van der Waals surface area contributed by atoms with Gasteiger partial charge in [-0.3, -0.25) is 4.90 Å². The number of esters is 1. The van der Waals surface area contributed by atoms with Crippen LogP contribution < -0.4 is 5.32 Å². The van der Waals surface area contributed by atoms with Crippen LogP contribution >= 0.6 is 12.2 Å². The minimum Gasteiger partial charge on any atom is -0.462 e. The molecule has 0 aromatic heterocycles. The number of anilines is 1. The van der Waals surface area contributed by atoms with Gasteiger partial charge in [0, 0.05) is 38.4 Å². The number of piperazine rings is 1. The number of carbonyl (C=O) groups excluding carboxylic acids is 1. The standard InChI is InChI=1S/C22H24F3N3O2S/c1-2-30-20(29)17-6-8-19(9-7-17)26-21(31)28-12-10-27(11-13-28)15-16-4-3-5-18(14-16)22(23,24)25/h3-9,14H,2,10-13,15H2,1H3,(H,26,31). The molecule has 0 saturated carbocycles. The molecule has 1 N–H and O–H groups in total. The Balaban J connectivity index is 1.49. The molecule has 0 spiro atoms. The molecule has 1 aliphatic heterocycles. The maximum atomic E-state index is 12.9. The van der Waals surface area contributed by atoms with Gasteiger partial charge in [0.15, 0.2) is 5.11 Å². The van der Waals surface area contributed by atoms with Crippen LogP contribution in [-0.4, -0.2) is 53.7 Å². The molecule has 1 aliphatic rings. The summed E-state index contributed by atoms with van der Waals surface area (Å²) in [4.78, 5) is 15.9. The van der Waals surface area contributed by atoms with Crippen molar-refractivity contribution in [3.63, 3.8) is 0 Å². The van der Waals surface area contributed by atoms with Crippen molar-refractivity contribution in [3.05, 3.63) is 65.2 Å².